The Balaban J connectivity index is 1.73. The van der Waals surface area contributed by atoms with E-state index < -0.39 is 16.1 Å². The molecule has 168 valence electrons. The Morgan fingerprint density at radius 1 is 1.03 bits per heavy atom. The zero-order valence-electron chi connectivity index (χ0n) is 18.7. The third kappa shape index (κ3) is 5.73. The number of nitrogens with one attached hydrogen (secondary N) is 1. The van der Waals surface area contributed by atoms with Gasteiger partial charge in [-0.15, -0.1) is 0 Å². The van der Waals surface area contributed by atoms with E-state index in [2.05, 4.69) is 36.2 Å². The van der Waals surface area contributed by atoms with Crippen molar-refractivity contribution in [3.05, 3.63) is 70.8 Å². The van der Waals surface area contributed by atoms with Crippen LogP contribution in [0.4, 0.5) is 0 Å². The Morgan fingerprint density at radius 3 is 2.39 bits per heavy atom. The van der Waals surface area contributed by atoms with E-state index in [1.165, 1.54) is 9.87 Å². The van der Waals surface area contributed by atoms with Crippen molar-refractivity contribution in [1.29, 1.82) is 0 Å². The quantitative estimate of drug-likeness (QED) is 0.647. The molecule has 7 heteroatoms. The summed E-state index contributed by atoms with van der Waals surface area (Å²) in [6.45, 7) is 9.37. The first-order chi connectivity index (χ1) is 14.9. The van der Waals surface area contributed by atoms with Gasteiger partial charge in [-0.3, -0.25) is 9.69 Å². The average Bonchev–Trinajstić information content (AvgIpc) is 2.80. The molecule has 0 aliphatic carbocycles. The van der Waals surface area contributed by atoms with Crippen LogP contribution < -0.4 is 5.32 Å². The van der Waals surface area contributed by atoms with Gasteiger partial charge in [-0.1, -0.05) is 62.4 Å². The Labute approximate surface area is 186 Å². The van der Waals surface area contributed by atoms with Crippen molar-refractivity contribution in [2.45, 2.75) is 52.9 Å². The van der Waals surface area contributed by atoms with Crippen molar-refractivity contribution >= 4 is 15.9 Å². The molecular weight excluding hydrogens is 410 g/mol. The molecule has 2 aromatic carbocycles. The van der Waals surface area contributed by atoms with Crippen LogP contribution in [0.3, 0.4) is 0 Å². The number of fused-ring (bicyclic) bond motifs is 1. The first-order valence-corrected chi connectivity index (χ1v) is 12.6. The highest BCUT2D eigenvalue weighted by Gasteiger charge is 2.37. The number of rotatable bonds is 9. The molecule has 31 heavy (non-hydrogen) atoms. The number of carbonyl (C=O) groups excluding carboxylic acids is 1. The maximum absolute atomic E-state index is 13.1. The summed E-state index contributed by atoms with van der Waals surface area (Å²) < 4.78 is 26.8. The fraction of sp³-hybridized carbons (Fsp3) is 0.458. The summed E-state index contributed by atoms with van der Waals surface area (Å²) in [5.74, 6) is -0.271. The molecule has 6 nitrogen and oxygen atoms in total. The maximum Gasteiger partial charge on any atom is 0.239 e. The largest absolute Gasteiger partial charge is 0.351 e. The van der Waals surface area contributed by atoms with Crippen LogP contribution >= 0.6 is 0 Å². The van der Waals surface area contributed by atoms with E-state index in [1.54, 1.807) is 6.92 Å². The molecule has 1 N–H and O–H groups in total. The zero-order valence-corrected chi connectivity index (χ0v) is 19.5. The minimum atomic E-state index is -3.50. The SMILES string of the molecule is CCN(CC)Cc1cccc(CNC(=O)[C@@H]2Cc3ccccc3CN2S(=O)(=O)CC)c1. The lowest BCUT2D eigenvalue weighted by molar-refractivity contribution is -0.125. The predicted molar refractivity (Wildman–Crippen MR) is 124 cm³/mol. The van der Waals surface area contributed by atoms with Gasteiger partial charge in [-0.2, -0.15) is 4.31 Å². The van der Waals surface area contributed by atoms with Gasteiger partial charge < -0.3 is 5.32 Å². The van der Waals surface area contributed by atoms with E-state index in [-0.39, 0.29) is 18.2 Å². The monoisotopic (exact) mass is 443 g/mol. The molecule has 0 aromatic heterocycles. The normalized spacial score (nSPS) is 16.8. The molecule has 0 saturated carbocycles. The van der Waals surface area contributed by atoms with E-state index in [4.69, 9.17) is 0 Å². The predicted octanol–water partition coefficient (Wildman–Crippen LogP) is 2.92. The second kappa shape index (κ2) is 10.4. The molecule has 2 aromatic rings. The number of hydrogen-bond acceptors (Lipinski definition) is 4. The van der Waals surface area contributed by atoms with E-state index in [9.17, 15) is 13.2 Å². The van der Waals surface area contributed by atoms with Crippen LogP contribution in [-0.2, 0) is 40.9 Å². The molecule has 1 aliphatic rings. The topological polar surface area (TPSA) is 69.7 Å². The molecule has 0 spiro atoms. The van der Waals surface area contributed by atoms with Gasteiger partial charge in [0.25, 0.3) is 0 Å². The smallest absolute Gasteiger partial charge is 0.239 e. The number of benzene rings is 2. The standard InChI is InChI=1S/C24H33N3O3S/c1-4-26(5-2)17-20-11-9-10-19(14-20)16-25-24(28)23-15-21-12-7-8-13-22(21)18-27(23)31(29,30)6-3/h7-14,23H,4-6,15-18H2,1-3H3,(H,25,28)/t23-/m0/s1. The van der Waals surface area contributed by atoms with E-state index in [0.717, 1.165) is 36.3 Å². The first-order valence-electron chi connectivity index (χ1n) is 11.0. The molecule has 0 unspecified atom stereocenters. The zero-order chi connectivity index (χ0) is 22.4. The number of amides is 1. The molecule has 1 aliphatic heterocycles. The Bertz CT molecular complexity index is 1000. The fourth-order valence-electron chi connectivity index (χ4n) is 4.03. The molecule has 3 rings (SSSR count). The summed E-state index contributed by atoms with van der Waals surface area (Å²) in [4.78, 5) is 15.4. The van der Waals surface area contributed by atoms with Crippen LogP contribution in [0.2, 0.25) is 0 Å². The molecule has 1 heterocycles. The van der Waals surface area contributed by atoms with Gasteiger partial charge in [-0.25, -0.2) is 8.42 Å². The van der Waals surface area contributed by atoms with Crippen molar-refractivity contribution in [1.82, 2.24) is 14.5 Å². The van der Waals surface area contributed by atoms with Gasteiger partial charge in [0, 0.05) is 19.6 Å². The Kier molecular flexibility index (Phi) is 7.86. The Morgan fingerprint density at radius 2 is 1.71 bits per heavy atom. The third-order valence-electron chi connectivity index (χ3n) is 5.99. The molecule has 0 saturated heterocycles. The molecule has 0 bridgehead atoms. The highest BCUT2D eigenvalue weighted by Crippen LogP contribution is 2.26. The van der Waals surface area contributed by atoms with Gasteiger partial charge >= 0.3 is 0 Å². The molecule has 1 atom stereocenters. The van der Waals surface area contributed by atoms with Crippen LogP contribution in [0.15, 0.2) is 48.5 Å². The summed E-state index contributed by atoms with van der Waals surface area (Å²) >= 11 is 0. The average molecular weight is 444 g/mol. The minimum absolute atomic E-state index is 0.0215. The maximum atomic E-state index is 13.1. The summed E-state index contributed by atoms with van der Waals surface area (Å²) in [5, 5.41) is 2.98. The summed E-state index contributed by atoms with van der Waals surface area (Å²) in [5.41, 5.74) is 4.22. The van der Waals surface area contributed by atoms with Crippen LogP contribution in [0.1, 0.15) is 43.0 Å². The van der Waals surface area contributed by atoms with Gasteiger partial charge in [0.2, 0.25) is 15.9 Å². The number of nitrogens with zero attached hydrogens (tertiary/aromatic N) is 2. The molecular formula is C24H33N3O3S. The van der Waals surface area contributed by atoms with Crippen molar-refractivity contribution in [2.24, 2.45) is 0 Å². The highest BCUT2D eigenvalue weighted by atomic mass is 32.2. The van der Waals surface area contributed by atoms with Crippen molar-refractivity contribution in [2.75, 3.05) is 18.8 Å². The first kappa shape index (κ1) is 23.4. The Hall–Kier alpha value is -2.22. The highest BCUT2D eigenvalue weighted by molar-refractivity contribution is 7.89. The summed E-state index contributed by atoms with van der Waals surface area (Å²) in [6, 6.07) is 15.2. The van der Waals surface area contributed by atoms with Gasteiger partial charge in [0.1, 0.15) is 6.04 Å². The van der Waals surface area contributed by atoms with Crippen LogP contribution in [0, 0.1) is 0 Å². The van der Waals surface area contributed by atoms with Gasteiger partial charge in [0.15, 0.2) is 0 Å². The minimum Gasteiger partial charge on any atom is -0.351 e. The summed E-state index contributed by atoms with van der Waals surface area (Å²) in [7, 11) is -3.50. The van der Waals surface area contributed by atoms with Crippen molar-refractivity contribution in [3.63, 3.8) is 0 Å². The number of hydrogen-bond donors (Lipinski definition) is 1. The number of carbonyl (C=O) groups is 1. The van der Waals surface area contributed by atoms with Crippen molar-refractivity contribution in [3.8, 4) is 0 Å². The number of sulfonamides is 1. The third-order valence-corrected chi connectivity index (χ3v) is 7.82. The van der Waals surface area contributed by atoms with E-state index >= 15 is 0 Å². The van der Waals surface area contributed by atoms with Crippen molar-refractivity contribution < 1.29 is 13.2 Å². The van der Waals surface area contributed by atoms with Gasteiger partial charge in [0.05, 0.1) is 5.75 Å². The lowest BCUT2D eigenvalue weighted by Crippen LogP contribution is -2.52. The van der Waals surface area contributed by atoms with Crippen LogP contribution in [0.5, 0.6) is 0 Å². The molecule has 1 amide bonds. The summed E-state index contributed by atoms with van der Waals surface area (Å²) in [6.07, 6.45) is 0.392. The molecule has 0 fully saturated rings. The lowest BCUT2D eigenvalue weighted by atomic mass is 9.95. The second-order valence-corrected chi connectivity index (χ2v) is 10.1. The lowest BCUT2D eigenvalue weighted by Gasteiger charge is -2.34. The second-order valence-electron chi connectivity index (χ2n) is 7.93. The van der Waals surface area contributed by atoms with Crippen LogP contribution in [-0.4, -0.2) is 48.4 Å². The fourth-order valence-corrected chi connectivity index (χ4v) is 5.26. The van der Waals surface area contributed by atoms with Crippen LogP contribution in [0.25, 0.3) is 0 Å². The molecule has 0 radical (unpaired) electrons. The van der Waals surface area contributed by atoms with E-state index in [0.29, 0.717) is 13.0 Å². The van der Waals surface area contributed by atoms with E-state index in [1.807, 2.05) is 36.4 Å². The van der Waals surface area contributed by atoms with Gasteiger partial charge in [-0.05, 0) is 48.7 Å².